The van der Waals surface area contributed by atoms with Gasteiger partial charge in [-0.05, 0) is 51.5 Å². The van der Waals surface area contributed by atoms with Crippen molar-refractivity contribution in [2.24, 2.45) is 0 Å². The van der Waals surface area contributed by atoms with Crippen molar-refractivity contribution < 1.29 is 28.6 Å². The van der Waals surface area contributed by atoms with Crippen molar-refractivity contribution in [3.8, 4) is 5.75 Å². The minimum atomic E-state index is -0.576. The highest BCUT2D eigenvalue weighted by atomic mass is 16.5. The summed E-state index contributed by atoms with van der Waals surface area (Å²) in [5.41, 5.74) is 0.821. The maximum atomic E-state index is 12.3. The number of carbonyl (C=O) groups excluding carboxylic acids is 3. The quantitative estimate of drug-likeness (QED) is 0.661. The number of amides is 2. The molecule has 2 rings (SSSR count). The Labute approximate surface area is 164 Å². The fourth-order valence-electron chi connectivity index (χ4n) is 2.74. The molecule has 0 bridgehead atoms. The molecular weight excluding hydrogens is 364 g/mol. The Kier molecular flexibility index (Phi) is 7.43. The van der Waals surface area contributed by atoms with Gasteiger partial charge in [0.1, 0.15) is 12.4 Å². The molecular formula is C20H26N2O6. The number of hydrogen-bond acceptors (Lipinski definition) is 6. The molecule has 0 radical (unpaired) electrons. The monoisotopic (exact) mass is 390 g/mol. The molecule has 1 aliphatic heterocycles. The van der Waals surface area contributed by atoms with E-state index >= 15 is 0 Å². The summed E-state index contributed by atoms with van der Waals surface area (Å²) in [5.74, 6) is -0.481. The first-order valence-electron chi connectivity index (χ1n) is 9.27. The molecule has 8 nitrogen and oxygen atoms in total. The second-order valence-corrected chi connectivity index (χ2v) is 6.44. The van der Waals surface area contributed by atoms with Crippen LogP contribution in [-0.4, -0.2) is 43.3 Å². The number of rotatable bonds is 8. The van der Waals surface area contributed by atoms with Gasteiger partial charge in [-0.15, -0.1) is 0 Å². The summed E-state index contributed by atoms with van der Waals surface area (Å²) in [4.78, 5) is 36.5. The van der Waals surface area contributed by atoms with E-state index in [4.69, 9.17) is 14.2 Å². The number of esters is 2. The zero-order valence-corrected chi connectivity index (χ0v) is 16.5. The van der Waals surface area contributed by atoms with Gasteiger partial charge in [-0.25, -0.2) is 14.4 Å². The van der Waals surface area contributed by atoms with E-state index in [2.05, 4.69) is 10.6 Å². The van der Waals surface area contributed by atoms with Gasteiger partial charge in [0.15, 0.2) is 0 Å². The minimum absolute atomic E-state index is 0.0288. The molecule has 28 heavy (non-hydrogen) atoms. The lowest BCUT2D eigenvalue weighted by Gasteiger charge is -2.28. The number of urea groups is 1. The number of benzene rings is 1. The minimum Gasteiger partial charge on any atom is -0.491 e. The standard InChI is InChI=1S/C20H26N2O6/c1-5-15-17(19(24)26-6-2)16(22-20(25)21-15)11-27-18(23)13-7-9-14(10-8-13)28-12(3)4/h7-10,12,15H,5-6,11H2,1-4H3,(H2,21,22,25)/t15-/m0/s1. The van der Waals surface area contributed by atoms with Crippen LogP contribution in [0.2, 0.25) is 0 Å². The Morgan fingerprint density at radius 1 is 1.07 bits per heavy atom. The first-order chi connectivity index (χ1) is 13.3. The topological polar surface area (TPSA) is 103 Å². The van der Waals surface area contributed by atoms with E-state index in [1.807, 2.05) is 20.8 Å². The first kappa shape index (κ1) is 21.3. The van der Waals surface area contributed by atoms with Gasteiger partial charge in [-0.3, -0.25) is 0 Å². The van der Waals surface area contributed by atoms with Crippen LogP contribution in [0.15, 0.2) is 35.5 Å². The van der Waals surface area contributed by atoms with E-state index in [0.29, 0.717) is 17.7 Å². The number of hydrogen-bond donors (Lipinski definition) is 2. The highest BCUT2D eigenvalue weighted by molar-refractivity contribution is 5.95. The van der Waals surface area contributed by atoms with E-state index in [-0.39, 0.29) is 30.6 Å². The van der Waals surface area contributed by atoms with E-state index < -0.39 is 24.0 Å². The van der Waals surface area contributed by atoms with Gasteiger partial charge in [0.25, 0.3) is 0 Å². The van der Waals surface area contributed by atoms with Crippen LogP contribution >= 0.6 is 0 Å². The van der Waals surface area contributed by atoms with Crippen molar-refractivity contribution in [1.29, 1.82) is 0 Å². The Morgan fingerprint density at radius 3 is 2.32 bits per heavy atom. The molecule has 0 aromatic heterocycles. The predicted molar refractivity (Wildman–Crippen MR) is 102 cm³/mol. The zero-order chi connectivity index (χ0) is 20.7. The van der Waals surface area contributed by atoms with Crippen LogP contribution in [0.3, 0.4) is 0 Å². The Hall–Kier alpha value is -3.03. The van der Waals surface area contributed by atoms with Crippen molar-refractivity contribution in [3.05, 3.63) is 41.1 Å². The maximum Gasteiger partial charge on any atom is 0.338 e. The van der Waals surface area contributed by atoms with Crippen LogP contribution in [0.1, 0.15) is 44.5 Å². The summed E-state index contributed by atoms with van der Waals surface area (Å²) in [6.07, 6.45) is 0.525. The average molecular weight is 390 g/mol. The molecule has 1 aromatic rings. The van der Waals surface area contributed by atoms with Crippen molar-refractivity contribution in [2.45, 2.75) is 46.3 Å². The van der Waals surface area contributed by atoms with Gasteiger partial charge < -0.3 is 24.8 Å². The highest BCUT2D eigenvalue weighted by Crippen LogP contribution is 2.18. The number of carbonyl (C=O) groups is 3. The largest absolute Gasteiger partial charge is 0.491 e. The number of ether oxygens (including phenoxy) is 3. The summed E-state index contributed by atoms with van der Waals surface area (Å²) in [5, 5.41) is 5.20. The van der Waals surface area contributed by atoms with E-state index in [9.17, 15) is 14.4 Å². The van der Waals surface area contributed by atoms with Gasteiger partial charge in [0, 0.05) is 0 Å². The molecule has 0 saturated heterocycles. The SMILES string of the molecule is CCOC(=O)C1=C(COC(=O)c2ccc(OC(C)C)cc2)NC(=O)N[C@H]1CC. The Bertz CT molecular complexity index is 754. The van der Waals surface area contributed by atoms with Crippen LogP contribution in [-0.2, 0) is 14.3 Å². The molecule has 2 N–H and O–H groups in total. The van der Waals surface area contributed by atoms with Gasteiger partial charge in [-0.2, -0.15) is 0 Å². The molecule has 1 heterocycles. The second kappa shape index (κ2) is 9.77. The number of nitrogens with one attached hydrogen (secondary N) is 2. The van der Waals surface area contributed by atoms with Gasteiger partial charge in [0.2, 0.25) is 0 Å². The first-order valence-corrected chi connectivity index (χ1v) is 9.27. The molecule has 0 saturated carbocycles. The molecule has 0 spiro atoms. The lowest BCUT2D eigenvalue weighted by Crippen LogP contribution is -2.51. The molecule has 1 atom stereocenters. The van der Waals surface area contributed by atoms with Crippen LogP contribution in [0, 0.1) is 0 Å². The second-order valence-electron chi connectivity index (χ2n) is 6.44. The van der Waals surface area contributed by atoms with Gasteiger partial charge in [0.05, 0.1) is 35.6 Å². The van der Waals surface area contributed by atoms with Crippen molar-refractivity contribution in [1.82, 2.24) is 10.6 Å². The smallest absolute Gasteiger partial charge is 0.338 e. The Balaban J connectivity index is 2.13. The summed E-state index contributed by atoms with van der Waals surface area (Å²) in [7, 11) is 0. The lowest BCUT2D eigenvalue weighted by molar-refractivity contribution is -0.139. The summed E-state index contributed by atoms with van der Waals surface area (Å²) in [6.45, 7) is 7.30. The molecule has 1 aromatic carbocycles. The third-order valence-corrected chi connectivity index (χ3v) is 3.96. The fourth-order valence-corrected chi connectivity index (χ4v) is 2.74. The summed E-state index contributed by atoms with van der Waals surface area (Å²) < 4.78 is 15.9. The highest BCUT2D eigenvalue weighted by Gasteiger charge is 2.32. The molecule has 0 aliphatic carbocycles. The average Bonchev–Trinajstić information content (AvgIpc) is 2.65. The van der Waals surface area contributed by atoms with Crippen LogP contribution < -0.4 is 15.4 Å². The molecule has 0 unspecified atom stereocenters. The third-order valence-electron chi connectivity index (χ3n) is 3.96. The molecule has 152 valence electrons. The Morgan fingerprint density at radius 2 is 1.75 bits per heavy atom. The normalized spacial score (nSPS) is 16.3. The maximum absolute atomic E-state index is 12.3. The molecule has 8 heteroatoms. The predicted octanol–water partition coefficient (Wildman–Crippen LogP) is 2.54. The van der Waals surface area contributed by atoms with E-state index in [1.165, 1.54) is 0 Å². The summed E-state index contributed by atoms with van der Waals surface area (Å²) >= 11 is 0. The van der Waals surface area contributed by atoms with Crippen LogP contribution in [0.25, 0.3) is 0 Å². The van der Waals surface area contributed by atoms with E-state index in [0.717, 1.165) is 0 Å². The zero-order valence-electron chi connectivity index (χ0n) is 16.5. The van der Waals surface area contributed by atoms with Gasteiger partial charge in [-0.1, -0.05) is 6.92 Å². The van der Waals surface area contributed by atoms with Gasteiger partial charge >= 0.3 is 18.0 Å². The van der Waals surface area contributed by atoms with Crippen molar-refractivity contribution in [2.75, 3.05) is 13.2 Å². The summed E-state index contributed by atoms with van der Waals surface area (Å²) in [6, 6.07) is 5.58. The van der Waals surface area contributed by atoms with Crippen molar-refractivity contribution in [3.63, 3.8) is 0 Å². The lowest BCUT2D eigenvalue weighted by atomic mass is 10.0. The van der Waals surface area contributed by atoms with Crippen molar-refractivity contribution >= 4 is 18.0 Å². The third kappa shape index (κ3) is 5.48. The van der Waals surface area contributed by atoms with E-state index in [1.54, 1.807) is 31.2 Å². The van der Waals surface area contributed by atoms with Crippen LogP contribution in [0.5, 0.6) is 5.75 Å². The molecule has 0 fully saturated rings. The molecule has 1 aliphatic rings. The fraction of sp³-hybridized carbons (Fsp3) is 0.450. The van der Waals surface area contributed by atoms with Crippen LogP contribution in [0.4, 0.5) is 4.79 Å². The molecule has 2 amide bonds.